The normalized spacial score (nSPS) is 23.5. The molecule has 2 aliphatic rings. The van der Waals surface area contributed by atoms with Crippen LogP contribution in [0.4, 0.5) is 10.5 Å². The van der Waals surface area contributed by atoms with Crippen LogP contribution in [0.15, 0.2) is 72.8 Å². The molecule has 36 heavy (non-hydrogen) atoms. The Bertz CT molecular complexity index is 1220. The van der Waals surface area contributed by atoms with E-state index < -0.39 is 0 Å². The van der Waals surface area contributed by atoms with Gasteiger partial charge in [-0.15, -0.1) is 0 Å². The molecular weight excluding hydrogens is 450 g/mol. The zero-order valence-electron chi connectivity index (χ0n) is 21.3. The van der Waals surface area contributed by atoms with Crippen molar-refractivity contribution in [1.82, 2.24) is 10.2 Å². The number of para-hydroxylation sites is 1. The molecule has 6 nitrogen and oxygen atoms in total. The summed E-state index contributed by atoms with van der Waals surface area (Å²) in [5, 5.41) is 6.37. The van der Waals surface area contributed by atoms with Crippen molar-refractivity contribution in [2.24, 2.45) is 0 Å². The first kappa shape index (κ1) is 24.2. The van der Waals surface area contributed by atoms with E-state index in [-0.39, 0.29) is 17.5 Å². The lowest BCUT2D eigenvalue weighted by atomic mass is 9.65. The molecule has 0 bridgehead atoms. The lowest BCUT2D eigenvalue weighted by Gasteiger charge is -2.45. The van der Waals surface area contributed by atoms with Crippen LogP contribution in [0.2, 0.25) is 0 Å². The van der Waals surface area contributed by atoms with Crippen LogP contribution in [0.1, 0.15) is 31.2 Å². The number of hydrogen-bond donors (Lipinski definition) is 2. The Morgan fingerprint density at radius 3 is 2.47 bits per heavy atom. The van der Waals surface area contributed by atoms with Crippen LogP contribution >= 0.6 is 0 Å². The Morgan fingerprint density at radius 1 is 0.944 bits per heavy atom. The van der Waals surface area contributed by atoms with Crippen molar-refractivity contribution in [3.8, 4) is 22.6 Å². The summed E-state index contributed by atoms with van der Waals surface area (Å²) in [7, 11) is 5.56. The highest BCUT2D eigenvalue weighted by Crippen LogP contribution is 2.49. The van der Waals surface area contributed by atoms with E-state index in [4.69, 9.17) is 9.47 Å². The fraction of sp³-hybridized carbons (Fsp3) is 0.367. The number of methoxy groups -OCH3 is 2. The molecule has 5 rings (SSSR count). The largest absolute Gasteiger partial charge is 0.493 e. The van der Waals surface area contributed by atoms with E-state index in [0.29, 0.717) is 6.04 Å². The average molecular weight is 486 g/mol. The molecule has 0 spiro atoms. The van der Waals surface area contributed by atoms with Crippen LogP contribution in [0.25, 0.3) is 11.1 Å². The fourth-order valence-electron chi connectivity index (χ4n) is 6.20. The first-order chi connectivity index (χ1) is 17.5. The number of hydrogen-bond acceptors (Lipinski definition) is 4. The number of carbonyl (C=O) groups is 1. The zero-order valence-corrected chi connectivity index (χ0v) is 21.3. The highest BCUT2D eigenvalue weighted by molar-refractivity contribution is 5.94. The molecule has 1 aliphatic carbocycles. The zero-order chi connectivity index (χ0) is 25.1. The molecule has 3 aromatic rings. The maximum atomic E-state index is 13.1. The van der Waals surface area contributed by atoms with E-state index in [0.717, 1.165) is 60.5 Å². The van der Waals surface area contributed by atoms with Gasteiger partial charge in [0.1, 0.15) is 0 Å². The number of carbonyl (C=O) groups excluding carboxylic acids is 1. The predicted molar refractivity (Wildman–Crippen MR) is 144 cm³/mol. The summed E-state index contributed by atoms with van der Waals surface area (Å²) < 4.78 is 11.1. The number of benzene rings is 3. The van der Waals surface area contributed by atoms with Gasteiger partial charge in [-0.2, -0.15) is 0 Å². The molecule has 1 heterocycles. The van der Waals surface area contributed by atoms with Gasteiger partial charge in [0.05, 0.1) is 19.9 Å². The lowest BCUT2D eigenvalue weighted by Crippen LogP contribution is -2.52. The van der Waals surface area contributed by atoms with E-state index in [1.54, 1.807) is 14.2 Å². The molecule has 188 valence electrons. The first-order valence-electron chi connectivity index (χ1n) is 12.7. The van der Waals surface area contributed by atoms with Crippen LogP contribution in [0, 0.1) is 0 Å². The SMILES string of the molecule is COc1ccc([C@@]23CC[C@H](NC(=O)Nc4ccccc4-c4ccccc4)C[C@H]2N(C)CC3)cc1OC. The van der Waals surface area contributed by atoms with Crippen molar-refractivity contribution >= 4 is 11.7 Å². The molecule has 1 saturated carbocycles. The number of amides is 2. The molecule has 2 N–H and O–H groups in total. The van der Waals surface area contributed by atoms with Gasteiger partial charge >= 0.3 is 6.03 Å². The molecule has 6 heteroatoms. The highest BCUT2D eigenvalue weighted by Gasteiger charge is 2.50. The molecule has 0 unspecified atom stereocenters. The van der Waals surface area contributed by atoms with E-state index in [9.17, 15) is 4.79 Å². The van der Waals surface area contributed by atoms with Crippen molar-refractivity contribution in [2.45, 2.75) is 43.2 Å². The van der Waals surface area contributed by atoms with Gasteiger partial charge in [-0.25, -0.2) is 4.79 Å². The standard InChI is InChI=1S/C30H35N3O3/c1-33-18-17-30(22-13-14-26(35-2)27(19-22)36-3)16-15-23(20-28(30)33)31-29(34)32-25-12-8-7-11-24(25)21-9-5-4-6-10-21/h4-14,19,23,28H,15-18,20H2,1-3H3,(H2,31,32,34)/t23-,28+,30-/m0/s1. The van der Waals surface area contributed by atoms with Crippen molar-refractivity contribution in [2.75, 3.05) is 33.1 Å². The number of nitrogens with zero attached hydrogens (tertiary/aromatic N) is 1. The van der Waals surface area contributed by atoms with Gasteiger partial charge in [0.15, 0.2) is 11.5 Å². The Morgan fingerprint density at radius 2 is 1.69 bits per heavy atom. The molecule has 2 fully saturated rings. The third-order valence-corrected chi connectivity index (χ3v) is 8.08. The summed E-state index contributed by atoms with van der Waals surface area (Å²) in [5.74, 6) is 1.53. The van der Waals surface area contributed by atoms with Crippen molar-refractivity contribution < 1.29 is 14.3 Å². The second-order valence-electron chi connectivity index (χ2n) is 9.95. The lowest BCUT2D eigenvalue weighted by molar-refractivity contribution is 0.156. The Kier molecular flexibility index (Phi) is 6.88. The number of likely N-dealkylation sites (N-methyl/N-ethyl adjacent to an activating group) is 1. The maximum Gasteiger partial charge on any atom is 0.319 e. The third-order valence-electron chi connectivity index (χ3n) is 8.08. The second kappa shape index (κ2) is 10.2. The summed E-state index contributed by atoms with van der Waals surface area (Å²) in [5.41, 5.74) is 4.27. The number of nitrogens with one attached hydrogen (secondary N) is 2. The summed E-state index contributed by atoms with van der Waals surface area (Å²) in [6, 6.07) is 24.7. The van der Waals surface area contributed by atoms with Crippen LogP contribution in [-0.4, -0.2) is 50.8 Å². The van der Waals surface area contributed by atoms with Gasteiger partial charge in [-0.3, -0.25) is 0 Å². The van der Waals surface area contributed by atoms with E-state index in [2.05, 4.69) is 46.8 Å². The summed E-state index contributed by atoms with van der Waals surface area (Å²) in [4.78, 5) is 15.5. The fourth-order valence-corrected chi connectivity index (χ4v) is 6.20. The van der Waals surface area contributed by atoms with E-state index in [1.165, 1.54) is 5.56 Å². The molecule has 1 saturated heterocycles. The minimum absolute atomic E-state index is 0.0584. The Hall–Kier alpha value is -3.51. The van der Waals surface area contributed by atoms with E-state index in [1.807, 2.05) is 48.5 Å². The van der Waals surface area contributed by atoms with Crippen LogP contribution < -0.4 is 20.1 Å². The number of urea groups is 1. The number of rotatable bonds is 6. The van der Waals surface area contributed by atoms with Crippen molar-refractivity contribution in [1.29, 1.82) is 0 Å². The number of likely N-dealkylation sites (tertiary alicyclic amines) is 1. The Balaban J connectivity index is 1.30. The minimum Gasteiger partial charge on any atom is -0.493 e. The predicted octanol–water partition coefficient (Wildman–Crippen LogP) is 5.69. The van der Waals surface area contributed by atoms with Gasteiger partial charge in [0.25, 0.3) is 0 Å². The van der Waals surface area contributed by atoms with Crippen LogP contribution in [0.3, 0.4) is 0 Å². The quantitative estimate of drug-likeness (QED) is 0.471. The highest BCUT2D eigenvalue weighted by atomic mass is 16.5. The molecular formula is C30H35N3O3. The van der Waals surface area contributed by atoms with Gasteiger partial charge in [-0.05, 0) is 68.6 Å². The van der Waals surface area contributed by atoms with Crippen molar-refractivity contribution in [3.63, 3.8) is 0 Å². The Labute approximate surface area is 213 Å². The van der Waals surface area contributed by atoms with Gasteiger partial charge in [0.2, 0.25) is 0 Å². The summed E-state index contributed by atoms with van der Waals surface area (Å²) in [6.07, 6.45) is 3.97. The average Bonchev–Trinajstić information content (AvgIpc) is 3.25. The summed E-state index contributed by atoms with van der Waals surface area (Å²) >= 11 is 0. The third kappa shape index (κ3) is 4.53. The monoisotopic (exact) mass is 485 g/mol. The molecule has 2 amide bonds. The van der Waals surface area contributed by atoms with E-state index >= 15 is 0 Å². The van der Waals surface area contributed by atoms with Crippen LogP contribution in [-0.2, 0) is 5.41 Å². The molecule has 1 aliphatic heterocycles. The topological polar surface area (TPSA) is 62.8 Å². The van der Waals surface area contributed by atoms with Crippen molar-refractivity contribution in [3.05, 3.63) is 78.4 Å². The number of anilines is 1. The molecule has 0 radical (unpaired) electrons. The first-order valence-corrected chi connectivity index (χ1v) is 12.7. The molecule has 3 aromatic carbocycles. The van der Waals surface area contributed by atoms with Crippen LogP contribution in [0.5, 0.6) is 11.5 Å². The van der Waals surface area contributed by atoms with Gasteiger partial charge < -0.3 is 25.0 Å². The van der Waals surface area contributed by atoms with Gasteiger partial charge in [0, 0.05) is 23.1 Å². The minimum atomic E-state index is -0.150. The second-order valence-corrected chi connectivity index (χ2v) is 9.95. The maximum absolute atomic E-state index is 13.1. The smallest absolute Gasteiger partial charge is 0.319 e. The molecule has 3 atom stereocenters. The number of fused-ring (bicyclic) bond motifs is 1. The van der Waals surface area contributed by atoms with Gasteiger partial charge in [-0.1, -0.05) is 54.6 Å². The summed E-state index contributed by atoms with van der Waals surface area (Å²) in [6.45, 7) is 1.04. The number of ether oxygens (including phenoxy) is 2. The molecule has 0 aromatic heterocycles.